The van der Waals surface area contributed by atoms with Gasteiger partial charge in [-0.25, -0.2) is 4.79 Å². The average Bonchev–Trinajstić information content (AvgIpc) is 2.52. The van der Waals surface area contributed by atoms with Crippen molar-refractivity contribution >= 4 is 12.1 Å². The number of carbonyl (C=O) groups excluding carboxylic acids is 2. The molecule has 0 bridgehead atoms. The Hall–Kier alpha value is -1.52. The van der Waals surface area contributed by atoms with E-state index in [9.17, 15) is 9.59 Å². The highest BCUT2D eigenvalue weighted by atomic mass is 16.5. The lowest BCUT2D eigenvalue weighted by atomic mass is 10.2. The fraction of sp³-hybridized carbons (Fsp3) is 0.765. The third kappa shape index (κ3) is 14.9. The van der Waals surface area contributed by atoms with Gasteiger partial charge in [-0.05, 0) is 19.3 Å². The number of hydrogen-bond donors (Lipinski definition) is 1. The van der Waals surface area contributed by atoms with Crippen molar-refractivity contribution in [1.82, 2.24) is 5.32 Å². The Morgan fingerprint density at radius 1 is 1.00 bits per heavy atom. The number of carbonyl (C=O) groups is 2. The Morgan fingerprint density at radius 3 is 2.45 bits per heavy atom. The number of unbranched alkanes of at least 4 members (excludes halogenated alkanes) is 6. The van der Waals surface area contributed by atoms with Crippen LogP contribution in [0.5, 0.6) is 0 Å². The van der Waals surface area contributed by atoms with Gasteiger partial charge in [0.05, 0.1) is 6.61 Å². The summed E-state index contributed by atoms with van der Waals surface area (Å²) in [5.41, 5.74) is 0. The molecular formula is C17H31NO4. The zero-order valence-electron chi connectivity index (χ0n) is 13.9. The van der Waals surface area contributed by atoms with Crippen LogP contribution in [0.1, 0.15) is 64.7 Å². The SMILES string of the molecule is C=CCOC(=O)NCCCCCC(=O)OCCCCCCC. The first kappa shape index (κ1) is 20.5. The normalized spacial score (nSPS) is 10.0. The molecule has 0 aliphatic rings. The van der Waals surface area contributed by atoms with Crippen LogP contribution >= 0.6 is 0 Å². The summed E-state index contributed by atoms with van der Waals surface area (Å²) in [4.78, 5) is 22.6. The van der Waals surface area contributed by atoms with Gasteiger partial charge in [-0.1, -0.05) is 51.7 Å². The highest BCUT2D eigenvalue weighted by Gasteiger charge is 2.03. The monoisotopic (exact) mass is 313 g/mol. The summed E-state index contributed by atoms with van der Waals surface area (Å²) in [6, 6.07) is 0. The number of ether oxygens (including phenoxy) is 2. The highest BCUT2D eigenvalue weighted by Crippen LogP contribution is 2.04. The summed E-state index contributed by atoms with van der Waals surface area (Å²) in [5.74, 6) is -0.117. The van der Waals surface area contributed by atoms with Crippen LogP contribution in [0.2, 0.25) is 0 Å². The van der Waals surface area contributed by atoms with E-state index in [0.717, 1.165) is 32.1 Å². The van der Waals surface area contributed by atoms with Crippen molar-refractivity contribution in [1.29, 1.82) is 0 Å². The van der Waals surface area contributed by atoms with Gasteiger partial charge < -0.3 is 14.8 Å². The van der Waals surface area contributed by atoms with Crippen molar-refractivity contribution in [3.05, 3.63) is 12.7 Å². The molecule has 5 nitrogen and oxygen atoms in total. The number of esters is 1. The van der Waals surface area contributed by atoms with Gasteiger partial charge in [-0.15, -0.1) is 0 Å². The summed E-state index contributed by atoms with van der Waals surface area (Å²) >= 11 is 0. The number of nitrogens with one attached hydrogen (secondary N) is 1. The summed E-state index contributed by atoms with van der Waals surface area (Å²) < 4.78 is 9.95. The van der Waals surface area contributed by atoms with Crippen LogP contribution in [0, 0.1) is 0 Å². The van der Waals surface area contributed by atoms with Crippen molar-refractivity contribution in [2.45, 2.75) is 64.7 Å². The Bertz CT molecular complexity index is 305. The first-order chi connectivity index (χ1) is 10.7. The van der Waals surface area contributed by atoms with E-state index in [-0.39, 0.29) is 12.6 Å². The third-order valence-electron chi connectivity index (χ3n) is 3.17. The maximum atomic E-state index is 11.5. The molecule has 0 saturated carbocycles. The fourth-order valence-corrected chi connectivity index (χ4v) is 1.91. The molecule has 5 heteroatoms. The highest BCUT2D eigenvalue weighted by molar-refractivity contribution is 5.69. The molecule has 0 spiro atoms. The molecule has 0 aromatic heterocycles. The summed E-state index contributed by atoms with van der Waals surface area (Å²) in [6.07, 6.45) is 9.84. The number of amides is 1. The third-order valence-corrected chi connectivity index (χ3v) is 3.17. The van der Waals surface area contributed by atoms with Gasteiger partial charge in [-0.3, -0.25) is 4.79 Å². The molecule has 128 valence electrons. The number of alkyl carbamates (subject to hydrolysis) is 1. The lowest BCUT2D eigenvalue weighted by Gasteiger charge is -2.06. The zero-order chi connectivity index (χ0) is 16.5. The molecular weight excluding hydrogens is 282 g/mol. The molecule has 1 N–H and O–H groups in total. The minimum absolute atomic E-state index is 0.117. The van der Waals surface area contributed by atoms with Crippen LogP contribution in [0.15, 0.2) is 12.7 Å². The van der Waals surface area contributed by atoms with E-state index in [1.54, 1.807) is 0 Å². The van der Waals surface area contributed by atoms with Gasteiger partial charge >= 0.3 is 12.1 Å². The molecule has 1 amide bonds. The predicted molar refractivity (Wildman–Crippen MR) is 87.7 cm³/mol. The van der Waals surface area contributed by atoms with Crippen molar-refractivity contribution in [2.24, 2.45) is 0 Å². The summed E-state index contributed by atoms with van der Waals surface area (Å²) in [5, 5.41) is 2.64. The fourth-order valence-electron chi connectivity index (χ4n) is 1.91. The second kappa shape index (κ2) is 15.9. The van der Waals surface area contributed by atoms with E-state index in [2.05, 4.69) is 18.8 Å². The Balaban J connectivity index is 3.28. The maximum absolute atomic E-state index is 11.5. The quantitative estimate of drug-likeness (QED) is 0.299. The van der Waals surface area contributed by atoms with Crippen LogP contribution in [-0.2, 0) is 14.3 Å². The lowest BCUT2D eigenvalue weighted by molar-refractivity contribution is -0.143. The van der Waals surface area contributed by atoms with E-state index >= 15 is 0 Å². The summed E-state index contributed by atoms with van der Waals surface area (Å²) in [7, 11) is 0. The Morgan fingerprint density at radius 2 is 1.73 bits per heavy atom. The van der Waals surface area contributed by atoms with E-state index in [1.807, 2.05) is 0 Å². The molecule has 0 rings (SSSR count). The molecule has 0 heterocycles. The molecule has 0 atom stereocenters. The van der Waals surface area contributed by atoms with Crippen molar-refractivity contribution in [3.63, 3.8) is 0 Å². The number of hydrogen-bond acceptors (Lipinski definition) is 4. The summed E-state index contributed by atoms with van der Waals surface area (Å²) in [6.45, 7) is 6.96. The van der Waals surface area contributed by atoms with Gasteiger partial charge in [0.1, 0.15) is 6.61 Å². The van der Waals surface area contributed by atoms with Crippen LogP contribution in [0.25, 0.3) is 0 Å². The van der Waals surface area contributed by atoms with Gasteiger partial charge in [0.15, 0.2) is 0 Å². The smallest absolute Gasteiger partial charge is 0.407 e. The lowest BCUT2D eigenvalue weighted by Crippen LogP contribution is -2.25. The average molecular weight is 313 g/mol. The van der Waals surface area contributed by atoms with Crippen LogP contribution in [-0.4, -0.2) is 31.8 Å². The topological polar surface area (TPSA) is 64.6 Å². The number of rotatable bonds is 14. The molecule has 0 radical (unpaired) electrons. The van der Waals surface area contributed by atoms with E-state index in [4.69, 9.17) is 9.47 Å². The molecule has 0 aromatic rings. The first-order valence-corrected chi connectivity index (χ1v) is 8.37. The standard InChI is InChI=1S/C17H31NO4/c1-3-5-6-7-11-15-21-16(19)12-9-8-10-13-18-17(20)22-14-4-2/h4H,2-3,5-15H2,1H3,(H,18,20). The molecule has 0 fully saturated rings. The molecule has 0 aliphatic carbocycles. The van der Waals surface area contributed by atoms with E-state index < -0.39 is 6.09 Å². The second-order valence-corrected chi connectivity index (χ2v) is 5.26. The largest absolute Gasteiger partial charge is 0.466 e. The van der Waals surface area contributed by atoms with Crippen molar-refractivity contribution < 1.29 is 19.1 Å². The Labute approximate surface area is 134 Å². The van der Waals surface area contributed by atoms with Gasteiger partial charge in [0.2, 0.25) is 0 Å². The van der Waals surface area contributed by atoms with Crippen LogP contribution < -0.4 is 5.32 Å². The molecule has 0 aliphatic heterocycles. The minimum atomic E-state index is -0.428. The van der Waals surface area contributed by atoms with E-state index in [0.29, 0.717) is 19.6 Å². The second-order valence-electron chi connectivity index (χ2n) is 5.26. The first-order valence-electron chi connectivity index (χ1n) is 8.37. The van der Waals surface area contributed by atoms with Gasteiger partial charge in [0.25, 0.3) is 0 Å². The van der Waals surface area contributed by atoms with E-state index in [1.165, 1.54) is 25.3 Å². The minimum Gasteiger partial charge on any atom is -0.466 e. The van der Waals surface area contributed by atoms with Crippen molar-refractivity contribution in [3.8, 4) is 0 Å². The van der Waals surface area contributed by atoms with Crippen LogP contribution in [0.3, 0.4) is 0 Å². The zero-order valence-corrected chi connectivity index (χ0v) is 13.9. The maximum Gasteiger partial charge on any atom is 0.407 e. The predicted octanol–water partition coefficient (Wildman–Crippen LogP) is 3.97. The molecule has 0 unspecified atom stereocenters. The van der Waals surface area contributed by atoms with Crippen LogP contribution in [0.4, 0.5) is 4.79 Å². The molecule has 0 saturated heterocycles. The van der Waals surface area contributed by atoms with Gasteiger partial charge in [-0.2, -0.15) is 0 Å². The Kier molecular flexibility index (Phi) is 14.8. The van der Waals surface area contributed by atoms with Crippen molar-refractivity contribution in [2.75, 3.05) is 19.8 Å². The molecule has 22 heavy (non-hydrogen) atoms. The van der Waals surface area contributed by atoms with Gasteiger partial charge in [0, 0.05) is 13.0 Å². The molecule has 0 aromatic carbocycles.